The lowest BCUT2D eigenvalue weighted by Crippen LogP contribution is -2.48. The summed E-state index contributed by atoms with van der Waals surface area (Å²) in [6, 6.07) is 4.01. The summed E-state index contributed by atoms with van der Waals surface area (Å²) >= 11 is 5.05. The van der Waals surface area contributed by atoms with Crippen molar-refractivity contribution in [3.8, 4) is 0 Å². The van der Waals surface area contributed by atoms with Gasteiger partial charge < -0.3 is 10.0 Å². The highest BCUT2D eigenvalue weighted by atomic mass is 79.9. The minimum Gasteiger partial charge on any atom is -0.395 e. The predicted molar refractivity (Wildman–Crippen MR) is 71.9 cm³/mol. The lowest BCUT2D eigenvalue weighted by Gasteiger charge is -2.41. The fourth-order valence-electron chi connectivity index (χ4n) is 2.19. The second-order valence-electron chi connectivity index (χ2n) is 4.66. The van der Waals surface area contributed by atoms with E-state index in [1.807, 2.05) is 19.2 Å². The molecule has 0 aromatic carbocycles. The van der Waals surface area contributed by atoms with Crippen LogP contribution in [-0.4, -0.2) is 29.6 Å². The van der Waals surface area contributed by atoms with Crippen molar-refractivity contribution in [3.63, 3.8) is 0 Å². The molecule has 1 aliphatic carbocycles. The molecule has 1 aliphatic rings. The lowest BCUT2D eigenvalue weighted by molar-refractivity contribution is -0.150. The molecule has 0 atom stereocenters. The third kappa shape index (κ3) is 2.56. The van der Waals surface area contributed by atoms with Crippen molar-refractivity contribution in [1.29, 1.82) is 0 Å². The number of rotatable bonds is 4. The maximum absolute atomic E-state index is 12.2. The fraction of sp³-hybridized carbons (Fsp3) is 0.583. The normalized spacial score (nSPS) is 17.6. The molecule has 1 heterocycles. The van der Waals surface area contributed by atoms with E-state index in [-0.39, 0.29) is 12.5 Å². The van der Waals surface area contributed by atoms with Crippen LogP contribution < -0.4 is 0 Å². The number of carbonyl (C=O) groups is 1. The minimum absolute atomic E-state index is 0.0235. The summed E-state index contributed by atoms with van der Waals surface area (Å²) in [7, 11) is 1.81. The molecule has 17 heavy (non-hydrogen) atoms. The minimum atomic E-state index is -0.483. The van der Waals surface area contributed by atoms with Crippen LogP contribution in [-0.2, 0) is 11.3 Å². The van der Waals surface area contributed by atoms with Gasteiger partial charge in [0.25, 0.3) is 0 Å². The van der Waals surface area contributed by atoms with Gasteiger partial charge in [0, 0.05) is 11.9 Å². The molecule has 1 fully saturated rings. The first-order valence-corrected chi connectivity index (χ1v) is 7.29. The fourth-order valence-corrected chi connectivity index (χ4v) is 3.73. The zero-order valence-corrected chi connectivity index (χ0v) is 12.2. The van der Waals surface area contributed by atoms with Gasteiger partial charge in [0.1, 0.15) is 0 Å². The Morgan fingerprint density at radius 3 is 2.71 bits per heavy atom. The van der Waals surface area contributed by atoms with Crippen LogP contribution in [0.15, 0.2) is 15.9 Å². The predicted octanol–water partition coefficient (Wildman–Crippen LogP) is 2.63. The van der Waals surface area contributed by atoms with Gasteiger partial charge in [0.2, 0.25) is 5.91 Å². The van der Waals surface area contributed by atoms with Crippen molar-refractivity contribution in [2.75, 3.05) is 13.7 Å². The number of amides is 1. The molecular weight excluding hydrogens is 302 g/mol. The van der Waals surface area contributed by atoms with Crippen LogP contribution in [0.2, 0.25) is 0 Å². The average molecular weight is 318 g/mol. The molecule has 0 aliphatic heterocycles. The van der Waals surface area contributed by atoms with Crippen LogP contribution >= 0.6 is 27.3 Å². The van der Waals surface area contributed by atoms with Gasteiger partial charge in [-0.2, -0.15) is 0 Å². The van der Waals surface area contributed by atoms with E-state index < -0.39 is 5.41 Å². The SMILES string of the molecule is CN(Cc1ccc(Br)s1)C(=O)C1(CO)CCC1. The zero-order valence-electron chi connectivity index (χ0n) is 9.78. The molecule has 2 rings (SSSR count). The van der Waals surface area contributed by atoms with Crippen LogP contribution in [0.25, 0.3) is 0 Å². The highest BCUT2D eigenvalue weighted by Crippen LogP contribution is 2.42. The van der Waals surface area contributed by atoms with E-state index in [1.54, 1.807) is 16.2 Å². The Morgan fingerprint density at radius 1 is 1.59 bits per heavy atom. The third-order valence-corrected chi connectivity index (χ3v) is 5.04. The van der Waals surface area contributed by atoms with Gasteiger partial charge >= 0.3 is 0 Å². The van der Waals surface area contributed by atoms with Gasteiger partial charge in [-0.3, -0.25) is 4.79 Å². The van der Waals surface area contributed by atoms with Crippen molar-refractivity contribution in [2.24, 2.45) is 5.41 Å². The number of hydrogen-bond acceptors (Lipinski definition) is 3. The Balaban J connectivity index is 2.00. The molecule has 94 valence electrons. The second kappa shape index (κ2) is 5.08. The van der Waals surface area contributed by atoms with E-state index in [2.05, 4.69) is 15.9 Å². The Bertz CT molecular complexity index is 409. The number of halogens is 1. The summed E-state index contributed by atoms with van der Waals surface area (Å²) in [4.78, 5) is 15.1. The summed E-state index contributed by atoms with van der Waals surface area (Å²) < 4.78 is 1.08. The van der Waals surface area contributed by atoms with E-state index in [1.165, 1.54) is 0 Å². The first kappa shape index (κ1) is 13.1. The topological polar surface area (TPSA) is 40.5 Å². The number of hydrogen-bond donors (Lipinski definition) is 1. The molecule has 3 nitrogen and oxygen atoms in total. The Morgan fingerprint density at radius 2 is 2.29 bits per heavy atom. The van der Waals surface area contributed by atoms with E-state index in [0.29, 0.717) is 6.54 Å². The standard InChI is InChI=1S/C12H16BrNO2S/c1-14(7-9-3-4-10(13)17-9)11(16)12(8-15)5-2-6-12/h3-4,15H,2,5-8H2,1H3. The first-order valence-electron chi connectivity index (χ1n) is 5.68. The number of aliphatic hydroxyl groups excluding tert-OH is 1. The Kier molecular flexibility index (Phi) is 3.90. The highest BCUT2D eigenvalue weighted by molar-refractivity contribution is 9.11. The summed E-state index contributed by atoms with van der Waals surface area (Å²) in [5.41, 5.74) is -0.483. The number of nitrogens with zero attached hydrogens (tertiary/aromatic N) is 1. The van der Waals surface area contributed by atoms with E-state index in [4.69, 9.17) is 0 Å². The molecule has 0 unspecified atom stereocenters. The smallest absolute Gasteiger partial charge is 0.231 e. The van der Waals surface area contributed by atoms with Gasteiger partial charge in [0.15, 0.2) is 0 Å². The molecule has 1 aromatic heterocycles. The van der Waals surface area contributed by atoms with Crippen LogP contribution in [0.3, 0.4) is 0 Å². The maximum atomic E-state index is 12.2. The lowest BCUT2D eigenvalue weighted by atomic mass is 9.68. The molecule has 1 N–H and O–H groups in total. The first-order chi connectivity index (χ1) is 8.07. The maximum Gasteiger partial charge on any atom is 0.231 e. The van der Waals surface area contributed by atoms with Crippen LogP contribution in [0, 0.1) is 5.41 Å². The summed E-state index contributed by atoms with van der Waals surface area (Å²) in [5, 5.41) is 9.37. The molecule has 0 radical (unpaired) electrons. The quantitative estimate of drug-likeness (QED) is 0.927. The molecule has 1 aromatic rings. The molecule has 0 saturated heterocycles. The van der Waals surface area contributed by atoms with E-state index >= 15 is 0 Å². The Hall–Kier alpha value is -0.390. The van der Waals surface area contributed by atoms with Crippen LogP contribution in [0.4, 0.5) is 0 Å². The molecule has 1 saturated carbocycles. The molecule has 5 heteroatoms. The zero-order chi connectivity index (χ0) is 12.5. The number of thiophene rings is 1. The molecule has 0 spiro atoms. The van der Waals surface area contributed by atoms with Gasteiger partial charge in [-0.25, -0.2) is 0 Å². The largest absolute Gasteiger partial charge is 0.395 e. The van der Waals surface area contributed by atoms with E-state index in [0.717, 1.165) is 27.9 Å². The third-order valence-electron chi connectivity index (χ3n) is 3.44. The van der Waals surface area contributed by atoms with Gasteiger partial charge in [-0.1, -0.05) is 6.42 Å². The van der Waals surface area contributed by atoms with E-state index in [9.17, 15) is 9.90 Å². The molecule has 0 bridgehead atoms. The summed E-state index contributed by atoms with van der Waals surface area (Å²) in [5.74, 6) is 0.0794. The summed E-state index contributed by atoms with van der Waals surface area (Å²) in [6.45, 7) is 0.598. The van der Waals surface area contributed by atoms with Gasteiger partial charge in [0.05, 0.1) is 22.4 Å². The van der Waals surface area contributed by atoms with Gasteiger partial charge in [-0.05, 0) is 40.9 Å². The molecule has 1 amide bonds. The second-order valence-corrected chi connectivity index (χ2v) is 7.21. The van der Waals surface area contributed by atoms with Crippen molar-refractivity contribution >= 4 is 33.2 Å². The van der Waals surface area contributed by atoms with Crippen molar-refractivity contribution < 1.29 is 9.90 Å². The summed E-state index contributed by atoms with van der Waals surface area (Å²) in [6.07, 6.45) is 2.69. The van der Waals surface area contributed by atoms with Crippen molar-refractivity contribution in [2.45, 2.75) is 25.8 Å². The van der Waals surface area contributed by atoms with Crippen LogP contribution in [0.5, 0.6) is 0 Å². The van der Waals surface area contributed by atoms with Gasteiger partial charge in [-0.15, -0.1) is 11.3 Å². The van der Waals surface area contributed by atoms with Crippen molar-refractivity contribution in [1.82, 2.24) is 4.90 Å². The average Bonchev–Trinajstić information content (AvgIpc) is 2.63. The monoisotopic (exact) mass is 317 g/mol. The van der Waals surface area contributed by atoms with Crippen LogP contribution in [0.1, 0.15) is 24.1 Å². The molecular formula is C12H16BrNO2S. The van der Waals surface area contributed by atoms with Crippen molar-refractivity contribution in [3.05, 3.63) is 20.8 Å². The number of aliphatic hydroxyl groups is 1. The number of carbonyl (C=O) groups excluding carboxylic acids is 1. The Labute approximate surface area is 114 Å². The highest BCUT2D eigenvalue weighted by Gasteiger charge is 2.45.